The van der Waals surface area contributed by atoms with Crippen molar-refractivity contribution in [1.29, 1.82) is 0 Å². The zero-order valence-corrected chi connectivity index (χ0v) is 13.0. The molecule has 2 aromatic rings. The van der Waals surface area contributed by atoms with Crippen LogP contribution in [0.5, 0.6) is 0 Å². The molecule has 2 rings (SSSR count). The zero-order chi connectivity index (χ0) is 18.9. The van der Waals surface area contributed by atoms with Crippen molar-refractivity contribution in [3.8, 4) is 0 Å². The lowest BCUT2D eigenvalue weighted by Crippen LogP contribution is -2.28. The number of aromatic nitrogens is 2. The Kier molecular flexibility index (Phi) is 5.04. The Morgan fingerprint density at radius 3 is 2.28 bits per heavy atom. The molecule has 0 bridgehead atoms. The molecular weight excluding hydrogens is 348 g/mol. The number of amides is 1. The fourth-order valence-electron chi connectivity index (χ4n) is 2.23. The van der Waals surface area contributed by atoms with Gasteiger partial charge in [0.1, 0.15) is 5.69 Å². The van der Waals surface area contributed by atoms with Crippen LogP contribution in [-0.2, 0) is 4.79 Å². The number of hydrogen-bond donors (Lipinski definition) is 1. The lowest BCUT2D eigenvalue weighted by atomic mass is 10.2. The molecule has 1 amide bonds. The first kappa shape index (κ1) is 18.4. The number of nitrogens with zero attached hydrogens (tertiary/aromatic N) is 3. The van der Waals surface area contributed by atoms with Gasteiger partial charge in [-0.2, -0.15) is 4.68 Å². The van der Waals surface area contributed by atoms with E-state index in [0.29, 0.717) is 0 Å². The monoisotopic (exact) mass is 360 g/mol. The molecule has 0 radical (unpaired) electrons. The van der Waals surface area contributed by atoms with Crippen LogP contribution in [0.4, 0.5) is 29.1 Å². The summed E-state index contributed by atoms with van der Waals surface area (Å²) in [5.74, 6) is -8.42. The van der Waals surface area contributed by atoms with Crippen LogP contribution in [0.25, 0.3) is 0 Å². The highest BCUT2D eigenvalue weighted by atomic mass is 19.2. The number of aryl methyl sites for hydroxylation is 1. The van der Waals surface area contributed by atoms with E-state index in [0.717, 1.165) is 10.7 Å². The summed E-state index contributed by atoms with van der Waals surface area (Å²) in [6.45, 7) is 2.97. The molecule has 0 saturated heterocycles. The average molecular weight is 360 g/mol. The molecule has 1 atom stereocenters. The van der Waals surface area contributed by atoms with E-state index in [1.165, 1.54) is 13.8 Å². The molecule has 1 aromatic heterocycles. The van der Waals surface area contributed by atoms with Gasteiger partial charge in [-0.25, -0.2) is 17.6 Å². The third kappa shape index (κ3) is 3.44. The SMILES string of the molecule is CCC(C(=O)Nc1c(F)c(F)cc(F)c1F)n1nc([N+](=O)[O-])cc1C. The smallest absolute Gasteiger partial charge is 0.358 e. The maximum absolute atomic E-state index is 13.7. The Morgan fingerprint density at radius 2 is 1.84 bits per heavy atom. The van der Waals surface area contributed by atoms with Crippen molar-refractivity contribution in [2.75, 3.05) is 5.32 Å². The van der Waals surface area contributed by atoms with Gasteiger partial charge >= 0.3 is 5.82 Å². The molecule has 11 heteroatoms. The van der Waals surface area contributed by atoms with E-state index in [9.17, 15) is 32.5 Å². The van der Waals surface area contributed by atoms with Gasteiger partial charge in [-0.1, -0.05) is 6.92 Å². The Balaban J connectivity index is 2.38. The first-order valence-electron chi connectivity index (χ1n) is 7.01. The highest BCUT2D eigenvalue weighted by Crippen LogP contribution is 2.26. The van der Waals surface area contributed by atoms with Gasteiger partial charge in [-0.05, 0) is 18.3 Å². The highest BCUT2D eigenvalue weighted by molar-refractivity contribution is 5.94. The first-order valence-corrected chi connectivity index (χ1v) is 7.01. The minimum Gasteiger partial charge on any atom is -0.358 e. The highest BCUT2D eigenvalue weighted by Gasteiger charge is 2.29. The summed E-state index contributed by atoms with van der Waals surface area (Å²) in [6.07, 6.45) is 0.0482. The van der Waals surface area contributed by atoms with Crippen LogP contribution >= 0.6 is 0 Å². The predicted octanol–water partition coefficient (Wildman–Crippen LogP) is 3.25. The molecule has 7 nitrogen and oxygen atoms in total. The topological polar surface area (TPSA) is 90.1 Å². The van der Waals surface area contributed by atoms with Crippen LogP contribution in [0.1, 0.15) is 25.1 Å². The summed E-state index contributed by atoms with van der Waals surface area (Å²) < 4.78 is 54.7. The minimum atomic E-state index is -1.76. The average Bonchev–Trinajstić information content (AvgIpc) is 2.92. The van der Waals surface area contributed by atoms with Gasteiger partial charge in [-0.15, -0.1) is 0 Å². The normalized spacial score (nSPS) is 12.1. The summed E-state index contributed by atoms with van der Waals surface area (Å²) in [5, 5.41) is 16.2. The number of nitrogens with one attached hydrogen (secondary N) is 1. The number of hydrogen-bond acceptors (Lipinski definition) is 4. The van der Waals surface area contributed by atoms with Crippen LogP contribution in [0.2, 0.25) is 0 Å². The van der Waals surface area contributed by atoms with Crippen LogP contribution < -0.4 is 5.32 Å². The minimum absolute atomic E-state index is 0.0125. The van der Waals surface area contributed by atoms with Gasteiger partial charge in [0.25, 0.3) is 5.91 Å². The lowest BCUT2D eigenvalue weighted by molar-refractivity contribution is -0.389. The molecule has 0 fully saturated rings. The predicted molar refractivity (Wildman–Crippen MR) is 77.9 cm³/mol. The summed E-state index contributed by atoms with van der Waals surface area (Å²) >= 11 is 0. The van der Waals surface area contributed by atoms with Crippen LogP contribution in [0.3, 0.4) is 0 Å². The third-order valence-electron chi connectivity index (χ3n) is 3.44. The van der Waals surface area contributed by atoms with Crippen molar-refractivity contribution >= 4 is 17.4 Å². The molecular formula is C14H12F4N4O3. The van der Waals surface area contributed by atoms with Gasteiger partial charge in [-0.3, -0.25) is 4.79 Å². The quantitative estimate of drug-likeness (QED) is 0.384. The van der Waals surface area contributed by atoms with Crippen molar-refractivity contribution in [2.24, 2.45) is 0 Å². The Morgan fingerprint density at radius 1 is 1.28 bits per heavy atom. The summed E-state index contributed by atoms with van der Waals surface area (Å²) in [7, 11) is 0. The van der Waals surface area contributed by atoms with Gasteiger partial charge in [0, 0.05) is 6.07 Å². The Labute approximate surface area is 138 Å². The van der Waals surface area contributed by atoms with Crippen LogP contribution in [0, 0.1) is 40.3 Å². The van der Waals surface area contributed by atoms with Gasteiger partial charge in [0.05, 0.1) is 16.9 Å². The molecule has 134 valence electrons. The van der Waals surface area contributed by atoms with Gasteiger partial charge in [0.2, 0.25) is 0 Å². The van der Waals surface area contributed by atoms with Crippen molar-refractivity contribution < 1.29 is 27.3 Å². The number of rotatable bonds is 5. The number of nitro groups is 1. The summed E-state index contributed by atoms with van der Waals surface area (Å²) in [5.41, 5.74) is -1.03. The summed E-state index contributed by atoms with van der Waals surface area (Å²) in [4.78, 5) is 22.3. The summed E-state index contributed by atoms with van der Waals surface area (Å²) in [6, 6.07) is -0.0590. The number of benzene rings is 1. The maximum atomic E-state index is 13.7. The van der Waals surface area contributed by atoms with E-state index in [2.05, 4.69) is 5.10 Å². The number of carbonyl (C=O) groups excluding carboxylic acids is 1. The van der Waals surface area contributed by atoms with Crippen molar-refractivity contribution in [3.05, 3.63) is 51.2 Å². The molecule has 0 saturated carbocycles. The van der Waals surface area contributed by atoms with Crippen molar-refractivity contribution in [2.45, 2.75) is 26.3 Å². The molecule has 1 aromatic carbocycles. The lowest BCUT2D eigenvalue weighted by Gasteiger charge is -2.15. The molecule has 1 heterocycles. The molecule has 0 aliphatic rings. The van der Waals surface area contributed by atoms with E-state index in [4.69, 9.17) is 0 Å². The molecule has 1 N–H and O–H groups in total. The van der Waals surface area contributed by atoms with Gasteiger partial charge in [0.15, 0.2) is 29.3 Å². The van der Waals surface area contributed by atoms with Crippen LogP contribution in [0.15, 0.2) is 12.1 Å². The third-order valence-corrected chi connectivity index (χ3v) is 3.44. The van der Waals surface area contributed by atoms with E-state index in [-0.39, 0.29) is 18.2 Å². The second-order valence-corrected chi connectivity index (χ2v) is 5.10. The van der Waals surface area contributed by atoms with E-state index in [1.807, 2.05) is 0 Å². The molecule has 1 unspecified atom stereocenters. The van der Waals surface area contributed by atoms with Crippen molar-refractivity contribution in [1.82, 2.24) is 9.78 Å². The van der Waals surface area contributed by atoms with Crippen LogP contribution in [-0.4, -0.2) is 20.6 Å². The number of anilines is 1. The molecule has 0 spiro atoms. The Hall–Kier alpha value is -2.98. The second kappa shape index (κ2) is 6.87. The van der Waals surface area contributed by atoms with E-state index < -0.39 is 51.6 Å². The maximum Gasteiger partial charge on any atom is 0.390 e. The van der Waals surface area contributed by atoms with E-state index in [1.54, 1.807) is 5.32 Å². The van der Waals surface area contributed by atoms with E-state index >= 15 is 0 Å². The molecule has 0 aliphatic heterocycles. The standard InChI is InChI=1S/C14H12F4N4O3/c1-3-9(21-6(2)4-10(20-21)22(24)25)14(23)19-13-11(17)7(15)5-8(16)12(13)18/h4-5,9H,3H2,1-2H3,(H,19,23). The Bertz CT molecular complexity index is 827. The van der Waals surface area contributed by atoms with Crippen molar-refractivity contribution in [3.63, 3.8) is 0 Å². The second-order valence-electron chi connectivity index (χ2n) is 5.10. The van der Waals surface area contributed by atoms with Gasteiger partial charge < -0.3 is 15.4 Å². The zero-order valence-electron chi connectivity index (χ0n) is 13.0. The largest absolute Gasteiger partial charge is 0.390 e. The first-order chi connectivity index (χ1) is 11.7. The number of carbonyl (C=O) groups is 1. The molecule has 25 heavy (non-hydrogen) atoms. The molecule has 0 aliphatic carbocycles. The number of halogens is 4. The fraction of sp³-hybridized carbons (Fsp3) is 0.286. The fourth-order valence-corrected chi connectivity index (χ4v) is 2.23.